The van der Waals surface area contributed by atoms with E-state index in [0.29, 0.717) is 5.15 Å². The van der Waals surface area contributed by atoms with E-state index in [4.69, 9.17) is 11.6 Å². The van der Waals surface area contributed by atoms with Gasteiger partial charge in [-0.25, -0.2) is 9.97 Å². The number of nitrogens with zero attached hydrogens (tertiary/aromatic N) is 3. The fourth-order valence-corrected chi connectivity index (χ4v) is 2.98. The minimum atomic E-state index is 0.483. The standard InChI is InChI=1S/C14H11ClN4S/c1-9-13(10-4-6-17-12(15)7-10)20-14(18-9)19-11-3-2-5-16-8-11/h2-8H,1H3,(H,18,19). The van der Waals surface area contributed by atoms with Gasteiger partial charge >= 0.3 is 0 Å². The summed E-state index contributed by atoms with van der Waals surface area (Å²) in [7, 11) is 0. The van der Waals surface area contributed by atoms with Gasteiger partial charge in [0, 0.05) is 12.4 Å². The second-order valence-corrected chi connectivity index (χ2v) is 5.55. The molecule has 3 aromatic rings. The molecule has 6 heteroatoms. The van der Waals surface area contributed by atoms with Crippen LogP contribution >= 0.6 is 22.9 Å². The Morgan fingerprint density at radius 1 is 1.25 bits per heavy atom. The van der Waals surface area contributed by atoms with E-state index in [9.17, 15) is 0 Å². The third kappa shape index (κ3) is 2.79. The van der Waals surface area contributed by atoms with Crippen molar-refractivity contribution in [1.82, 2.24) is 15.0 Å². The lowest BCUT2D eigenvalue weighted by Crippen LogP contribution is -1.89. The maximum absolute atomic E-state index is 5.93. The molecule has 20 heavy (non-hydrogen) atoms. The van der Waals surface area contributed by atoms with Crippen molar-refractivity contribution in [2.45, 2.75) is 6.92 Å². The lowest BCUT2D eigenvalue weighted by atomic mass is 10.2. The first-order valence-corrected chi connectivity index (χ1v) is 7.18. The maximum Gasteiger partial charge on any atom is 0.188 e. The van der Waals surface area contributed by atoms with Crippen molar-refractivity contribution in [1.29, 1.82) is 0 Å². The molecule has 0 aliphatic rings. The number of thiazole rings is 1. The number of hydrogen-bond acceptors (Lipinski definition) is 5. The van der Waals surface area contributed by atoms with Gasteiger partial charge in [0.25, 0.3) is 0 Å². The van der Waals surface area contributed by atoms with Gasteiger partial charge in [0.15, 0.2) is 5.13 Å². The summed E-state index contributed by atoms with van der Waals surface area (Å²) in [6.07, 6.45) is 5.20. The van der Waals surface area contributed by atoms with E-state index in [1.54, 1.807) is 29.9 Å². The summed E-state index contributed by atoms with van der Waals surface area (Å²) in [4.78, 5) is 13.7. The molecule has 0 fully saturated rings. The molecule has 0 atom stereocenters. The summed E-state index contributed by atoms with van der Waals surface area (Å²) >= 11 is 7.51. The van der Waals surface area contributed by atoms with E-state index in [1.807, 2.05) is 31.2 Å². The van der Waals surface area contributed by atoms with Crippen molar-refractivity contribution in [3.05, 3.63) is 53.7 Å². The number of halogens is 1. The monoisotopic (exact) mass is 302 g/mol. The summed E-state index contributed by atoms with van der Waals surface area (Å²) < 4.78 is 0. The van der Waals surface area contributed by atoms with Gasteiger partial charge in [-0.05, 0) is 36.8 Å². The first kappa shape index (κ1) is 13.0. The topological polar surface area (TPSA) is 50.7 Å². The average molecular weight is 303 g/mol. The highest BCUT2D eigenvalue weighted by atomic mass is 35.5. The zero-order valence-corrected chi connectivity index (χ0v) is 12.2. The van der Waals surface area contributed by atoms with E-state index >= 15 is 0 Å². The smallest absolute Gasteiger partial charge is 0.188 e. The van der Waals surface area contributed by atoms with Crippen LogP contribution in [0, 0.1) is 6.92 Å². The number of nitrogens with one attached hydrogen (secondary N) is 1. The molecule has 1 N–H and O–H groups in total. The molecular weight excluding hydrogens is 292 g/mol. The largest absolute Gasteiger partial charge is 0.330 e. The van der Waals surface area contributed by atoms with Gasteiger partial charge in [0.2, 0.25) is 0 Å². The van der Waals surface area contributed by atoms with E-state index in [0.717, 1.165) is 27.0 Å². The van der Waals surface area contributed by atoms with Crippen molar-refractivity contribution in [2.24, 2.45) is 0 Å². The summed E-state index contributed by atoms with van der Waals surface area (Å²) in [6.45, 7) is 1.98. The molecule has 3 rings (SSSR count). The minimum absolute atomic E-state index is 0.483. The molecule has 4 nitrogen and oxygen atoms in total. The third-order valence-corrected chi connectivity index (χ3v) is 4.03. The molecule has 0 saturated carbocycles. The van der Waals surface area contributed by atoms with Crippen LogP contribution in [0.1, 0.15) is 5.69 Å². The Balaban J connectivity index is 1.91. The van der Waals surface area contributed by atoms with Crippen molar-refractivity contribution in [2.75, 3.05) is 5.32 Å². The first-order chi connectivity index (χ1) is 9.72. The summed E-state index contributed by atoms with van der Waals surface area (Å²) in [5.74, 6) is 0. The van der Waals surface area contributed by atoms with Gasteiger partial charge < -0.3 is 5.32 Å². The fraction of sp³-hybridized carbons (Fsp3) is 0.0714. The van der Waals surface area contributed by atoms with Crippen molar-refractivity contribution in [3.8, 4) is 10.4 Å². The highest BCUT2D eigenvalue weighted by Gasteiger charge is 2.10. The van der Waals surface area contributed by atoms with Crippen LogP contribution in [-0.4, -0.2) is 15.0 Å². The van der Waals surface area contributed by atoms with Crippen molar-refractivity contribution >= 4 is 33.8 Å². The maximum atomic E-state index is 5.93. The highest BCUT2D eigenvalue weighted by Crippen LogP contribution is 2.34. The Bertz CT molecular complexity index is 727. The zero-order chi connectivity index (χ0) is 13.9. The number of aryl methyl sites for hydroxylation is 1. The van der Waals surface area contributed by atoms with Crippen LogP contribution in [-0.2, 0) is 0 Å². The van der Waals surface area contributed by atoms with Gasteiger partial charge in [-0.1, -0.05) is 22.9 Å². The Labute approximate surface area is 125 Å². The Hall–Kier alpha value is -1.98. The predicted molar refractivity (Wildman–Crippen MR) is 82.6 cm³/mol. The number of rotatable bonds is 3. The summed E-state index contributed by atoms with van der Waals surface area (Å²) in [6, 6.07) is 7.61. The molecule has 0 aromatic carbocycles. The SMILES string of the molecule is Cc1nc(Nc2cccnc2)sc1-c1ccnc(Cl)c1. The molecule has 0 bridgehead atoms. The van der Waals surface area contributed by atoms with Gasteiger partial charge in [-0.15, -0.1) is 0 Å². The van der Waals surface area contributed by atoms with Crippen LogP contribution < -0.4 is 5.32 Å². The predicted octanol–water partition coefficient (Wildman–Crippen LogP) is 4.31. The van der Waals surface area contributed by atoms with Crippen LogP contribution in [0.4, 0.5) is 10.8 Å². The fourth-order valence-electron chi connectivity index (χ4n) is 1.82. The van der Waals surface area contributed by atoms with Crippen molar-refractivity contribution < 1.29 is 0 Å². The molecule has 0 spiro atoms. The first-order valence-electron chi connectivity index (χ1n) is 5.99. The quantitative estimate of drug-likeness (QED) is 0.733. The lowest BCUT2D eigenvalue weighted by molar-refractivity contribution is 1.25. The molecule has 3 aromatic heterocycles. The molecule has 100 valence electrons. The van der Waals surface area contributed by atoms with Crippen molar-refractivity contribution in [3.63, 3.8) is 0 Å². The van der Waals surface area contributed by atoms with E-state index < -0.39 is 0 Å². The number of anilines is 2. The molecule has 0 amide bonds. The number of hydrogen-bond donors (Lipinski definition) is 1. The molecular formula is C14H11ClN4S. The highest BCUT2D eigenvalue weighted by molar-refractivity contribution is 7.19. The molecule has 0 aliphatic carbocycles. The second-order valence-electron chi connectivity index (χ2n) is 4.17. The van der Waals surface area contributed by atoms with Gasteiger partial charge in [-0.3, -0.25) is 4.98 Å². The number of pyridine rings is 2. The third-order valence-electron chi connectivity index (χ3n) is 2.70. The van der Waals surface area contributed by atoms with E-state index in [1.165, 1.54) is 0 Å². The average Bonchev–Trinajstić information content (AvgIpc) is 2.81. The lowest BCUT2D eigenvalue weighted by Gasteiger charge is -2.00. The van der Waals surface area contributed by atoms with E-state index in [-0.39, 0.29) is 0 Å². The Morgan fingerprint density at radius 3 is 2.90 bits per heavy atom. The summed E-state index contributed by atoms with van der Waals surface area (Å²) in [5.41, 5.74) is 2.91. The van der Waals surface area contributed by atoms with Crippen LogP contribution in [0.3, 0.4) is 0 Å². The molecule has 3 heterocycles. The van der Waals surface area contributed by atoms with Crippen LogP contribution in [0.2, 0.25) is 5.15 Å². The van der Waals surface area contributed by atoms with Gasteiger partial charge in [0.05, 0.1) is 22.5 Å². The summed E-state index contributed by atoms with van der Waals surface area (Å²) in [5, 5.41) is 4.56. The van der Waals surface area contributed by atoms with Gasteiger partial charge in [0.1, 0.15) is 5.15 Å². The molecule has 0 aliphatic heterocycles. The minimum Gasteiger partial charge on any atom is -0.330 e. The number of aromatic nitrogens is 3. The Kier molecular flexibility index (Phi) is 3.62. The van der Waals surface area contributed by atoms with Crippen LogP contribution in [0.15, 0.2) is 42.9 Å². The van der Waals surface area contributed by atoms with Crippen LogP contribution in [0.25, 0.3) is 10.4 Å². The normalized spacial score (nSPS) is 10.5. The molecule has 0 unspecified atom stereocenters. The Morgan fingerprint density at radius 2 is 2.15 bits per heavy atom. The zero-order valence-electron chi connectivity index (χ0n) is 10.7. The van der Waals surface area contributed by atoms with E-state index in [2.05, 4.69) is 20.3 Å². The second kappa shape index (κ2) is 5.56. The van der Waals surface area contributed by atoms with Gasteiger partial charge in [-0.2, -0.15) is 0 Å². The van der Waals surface area contributed by atoms with Crippen LogP contribution in [0.5, 0.6) is 0 Å². The molecule has 0 saturated heterocycles. The molecule has 0 radical (unpaired) electrons.